The maximum Gasteiger partial charge on any atom is 0.0474 e. The molecule has 1 saturated carbocycles. The van der Waals surface area contributed by atoms with Gasteiger partial charge in [0.1, 0.15) is 0 Å². The summed E-state index contributed by atoms with van der Waals surface area (Å²) in [5.41, 5.74) is 7.43. The standard InChI is InChI=1S/C16H25N3/c17-12-16(14-7-9-18-10-8-14)19-11-3-5-13-4-1-2-6-15(13)19/h7-10,13,15-16H,1-6,11-12,17H2/t13-,15-,16?/m1/s1. The van der Waals surface area contributed by atoms with Crippen LogP contribution >= 0.6 is 0 Å². The van der Waals surface area contributed by atoms with Crippen LogP contribution in [0.15, 0.2) is 24.5 Å². The summed E-state index contributed by atoms with van der Waals surface area (Å²) in [4.78, 5) is 6.83. The molecule has 0 bridgehead atoms. The van der Waals surface area contributed by atoms with Gasteiger partial charge in [-0.1, -0.05) is 12.8 Å². The molecule has 3 nitrogen and oxygen atoms in total. The van der Waals surface area contributed by atoms with Gasteiger partial charge in [0, 0.05) is 31.0 Å². The molecule has 104 valence electrons. The number of nitrogens with two attached hydrogens (primary N) is 1. The number of hydrogen-bond donors (Lipinski definition) is 1. The molecule has 3 rings (SSSR count). The number of likely N-dealkylation sites (tertiary alicyclic amines) is 1. The van der Waals surface area contributed by atoms with Crippen molar-refractivity contribution in [2.45, 2.75) is 50.6 Å². The van der Waals surface area contributed by atoms with Gasteiger partial charge >= 0.3 is 0 Å². The molecular weight excluding hydrogens is 234 g/mol. The van der Waals surface area contributed by atoms with Crippen molar-refractivity contribution in [2.75, 3.05) is 13.1 Å². The zero-order chi connectivity index (χ0) is 13.1. The van der Waals surface area contributed by atoms with Gasteiger partial charge in [-0.25, -0.2) is 0 Å². The number of pyridine rings is 1. The van der Waals surface area contributed by atoms with Gasteiger partial charge in [-0.2, -0.15) is 0 Å². The Labute approximate surface area is 116 Å². The second-order valence-corrected chi connectivity index (χ2v) is 6.02. The Hall–Kier alpha value is -0.930. The van der Waals surface area contributed by atoms with Crippen molar-refractivity contribution in [2.24, 2.45) is 11.7 Å². The summed E-state index contributed by atoms with van der Waals surface area (Å²) >= 11 is 0. The molecule has 19 heavy (non-hydrogen) atoms. The molecule has 0 spiro atoms. The molecule has 2 heterocycles. The highest BCUT2D eigenvalue weighted by atomic mass is 15.2. The van der Waals surface area contributed by atoms with Gasteiger partial charge in [-0.15, -0.1) is 0 Å². The minimum Gasteiger partial charge on any atom is -0.329 e. The van der Waals surface area contributed by atoms with E-state index in [1.807, 2.05) is 12.4 Å². The van der Waals surface area contributed by atoms with Crippen LogP contribution in [0.5, 0.6) is 0 Å². The predicted molar refractivity (Wildman–Crippen MR) is 77.7 cm³/mol. The van der Waals surface area contributed by atoms with Gasteiger partial charge < -0.3 is 5.73 Å². The second-order valence-electron chi connectivity index (χ2n) is 6.02. The highest BCUT2D eigenvalue weighted by molar-refractivity contribution is 5.16. The zero-order valence-electron chi connectivity index (χ0n) is 11.7. The topological polar surface area (TPSA) is 42.1 Å². The average Bonchev–Trinajstić information content (AvgIpc) is 2.49. The first-order valence-electron chi connectivity index (χ1n) is 7.76. The van der Waals surface area contributed by atoms with Gasteiger partial charge in [0.15, 0.2) is 0 Å². The van der Waals surface area contributed by atoms with Crippen LogP contribution in [0.1, 0.15) is 50.1 Å². The van der Waals surface area contributed by atoms with Crippen LogP contribution in [0.25, 0.3) is 0 Å². The van der Waals surface area contributed by atoms with E-state index in [2.05, 4.69) is 22.0 Å². The van der Waals surface area contributed by atoms with Crippen molar-refractivity contribution in [3.63, 3.8) is 0 Å². The normalized spacial score (nSPS) is 29.7. The Kier molecular flexibility index (Phi) is 4.14. The number of rotatable bonds is 3. The van der Waals surface area contributed by atoms with Crippen molar-refractivity contribution in [1.82, 2.24) is 9.88 Å². The van der Waals surface area contributed by atoms with E-state index < -0.39 is 0 Å². The third-order valence-corrected chi connectivity index (χ3v) is 5.00. The first kappa shape index (κ1) is 13.1. The predicted octanol–water partition coefficient (Wildman–Crippen LogP) is 2.74. The van der Waals surface area contributed by atoms with E-state index in [0.29, 0.717) is 12.6 Å². The Morgan fingerprint density at radius 1 is 1.16 bits per heavy atom. The van der Waals surface area contributed by atoms with Gasteiger partial charge in [-0.3, -0.25) is 9.88 Å². The fourth-order valence-electron chi connectivity index (χ4n) is 4.10. The molecule has 1 aliphatic heterocycles. The first-order valence-corrected chi connectivity index (χ1v) is 7.76. The smallest absolute Gasteiger partial charge is 0.0474 e. The van der Waals surface area contributed by atoms with Crippen LogP contribution in [0.2, 0.25) is 0 Å². The van der Waals surface area contributed by atoms with E-state index in [-0.39, 0.29) is 0 Å². The quantitative estimate of drug-likeness (QED) is 0.907. The largest absolute Gasteiger partial charge is 0.329 e. The average molecular weight is 259 g/mol. The summed E-state index contributed by atoms with van der Waals surface area (Å²) < 4.78 is 0. The minimum atomic E-state index is 0.383. The summed E-state index contributed by atoms with van der Waals surface area (Å²) in [5.74, 6) is 0.915. The van der Waals surface area contributed by atoms with Crippen LogP contribution in [0.3, 0.4) is 0 Å². The van der Waals surface area contributed by atoms with E-state index in [0.717, 1.165) is 12.0 Å². The van der Waals surface area contributed by atoms with E-state index >= 15 is 0 Å². The fraction of sp³-hybridized carbons (Fsp3) is 0.688. The molecule has 0 aromatic carbocycles. The van der Waals surface area contributed by atoms with Gasteiger partial charge in [0.2, 0.25) is 0 Å². The Balaban J connectivity index is 1.81. The lowest BCUT2D eigenvalue weighted by atomic mass is 9.77. The van der Waals surface area contributed by atoms with Crippen LogP contribution in [0.4, 0.5) is 0 Å². The van der Waals surface area contributed by atoms with E-state index in [1.165, 1.54) is 50.6 Å². The SMILES string of the molecule is NCC(c1ccncc1)N1CCC[C@H]2CCCC[C@H]21. The molecule has 2 aliphatic rings. The Morgan fingerprint density at radius 2 is 1.89 bits per heavy atom. The maximum atomic E-state index is 6.10. The Morgan fingerprint density at radius 3 is 2.68 bits per heavy atom. The lowest BCUT2D eigenvalue weighted by Gasteiger charge is -2.47. The molecule has 1 saturated heterocycles. The van der Waals surface area contributed by atoms with Gasteiger partial charge in [0.25, 0.3) is 0 Å². The van der Waals surface area contributed by atoms with Crippen LogP contribution in [0, 0.1) is 5.92 Å². The number of aromatic nitrogens is 1. The second kappa shape index (κ2) is 6.02. The van der Waals surface area contributed by atoms with Crippen molar-refractivity contribution in [1.29, 1.82) is 0 Å². The number of nitrogens with zero attached hydrogens (tertiary/aromatic N) is 2. The number of fused-ring (bicyclic) bond motifs is 1. The fourth-order valence-corrected chi connectivity index (χ4v) is 4.10. The highest BCUT2D eigenvalue weighted by Gasteiger charge is 2.36. The summed E-state index contributed by atoms with van der Waals surface area (Å²) in [6.07, 6.45) is 12.2. The van der Waals surface area contributed by atoms with Gasteiger partial charge in [-0.05, 0) is 55.8 Å². The number of hydrogen-bond acceptors (Lipinski definition) is 3. The summed E-state index contributed by atoms with van der Waals surface area (Å²) in [6.45, 7) is 1.93. The van der Waals surface area contributed by atoms with Crippen molar-refractivity contribution < 1.29 is 0 Å². The summed E-state index contributed by atoms with van der Waals surface area (Å²) in [6, 6.07) is 5.41. The maximum absolute atomic E-state index is 6.10. The van der Waals surface area contributed by atoms with E-state index in [4.69, 9.17) is 5.73 Å². The monoisotopic (exact) mass is 259 g/mol. The zero-order valence-corrected chi connectivity index (χ0v) is 11.7. The van der Waals surface area contributed by atoms with Crippen LogP contribution < -0.4 is 5.73 Å². The third-order valence-electron chi connectivity index (χ3n) is 5.00. The lowest BCUT2D eigenvalue weighted by molar-refractivity contribution is 0.0276. The Bertz CT molecular complexity index is 390. The molecule has 3 atom stereocenters. The number of piperidine rings is 1. The van der Waals surface area contributed by atoms with Crippen LogP contribution in [-0.2, 0) is 0 Å². The molecule has 1 aromatic rings. The van der Waals surface area contributed by atoms with Gasteiger partial charge in [0.05, 0.1) is 0 Å². The highest BCUT2D eigenvalue weighted by Crippen LogP contribution is 2.39. The molecule has 0 radical (unpaired) electrons. The van der Waals surface area contributed by atoms with E-state index in [1.54, 1.807) is 0 Å². The molecule has 3 heteroatoms. The molecule has 2 N–H and O–H groups in total. The molecule has 2 fully saturated rings. The first-order chi connectivity index (χ1) is 9.40. The molecule has 1 unspecified atom stereocenters. The molecule has 0 amide bonds. The van der Waals surface area contributed by atoms with Crippen molar-refractivity contribution in [3.05, 3.63) is 30.1 Å². The van der Waals surface area contributed by atoms with Crippen molar-refractivity contribution >= 4 is 0 Å². The lowest BCUT2D eigenvalue weighted by Crippen LogP contribution is -2.49. The molecule has 1 aromatic heterocycles. The summed E-state index contributed by atoms with van der Waals surface area (Å²) in [5, 5.41) is 0. The third kappa shape index (κ3) is 2.67. The van der Waals surface area contributed by atoms with E-state index in [9.17, 15) is 0 Å². The molecule has 1 aliphatic carbocycles. The minimum absolute atomic E-state index is 0.383. The summed E-state index contributed by atoms with van der Waals surface area (Å²) in [7, 11) is 0. The van der Waals surface area contributed by atoms with Crippen molar-refractivity contribution in [3.8, 4) is 0 Å². The molecular formula is C16H25N3. The van der Waals surface area contributed by atoms with Crippen LogP contribution in [-0.4, -0.2) is 29.0 Å².